The van der Waals surface area contributed by atoms with Crippen LogP contribution < -0.4 is 10.1 Å². The minimum atomic E-state index is -1.68. The molecule has 0 unspecified atom stereocenters. The molecule has 0 atom stereocenters. The second-order valence-corrected chi connectivity index (χ2v) is 3.67. The summed E-state index contributed by atoms with van der Waals surface area (Å²) < 4.78 is 4.47. The van der Waals surface area contributed by atoms with Crippen molar-refractivity contribution in [3.63, 3.8) is 0 Å². The van der Waals surface area contributed by atoms with Crippen molar-refractivity contribution >= 4 is 17.7 Å². The number of anilines is 1. The van der Waals surface area contributed by atoms with Crippen molar-refractivity contribution in [1.29, 1.82) is 0 Å². The predicted octanol–water partition coefficient (Wildman–Crippen LogP) is 2.87. The molecule has 1 amide bonds. The van der Waals surface area contributed by atoms with Crippen molar-refractivity contribution in [2.24, 2.45) is 0 Å². The topological polar surface area (TPSA) is 75.3 Å². The molecule has 5 heteroatoms. The molecular formula is C14H10NO4. The van der Waals surface area contributed by atoms with E-state index in [-0.39, 0.29) is 17.3 Å². The number of carbonyl (C=O) groups is 2. The Morgan fingerprint density at radius 1 is 0.895 bits per heavy atom. The number of hydrogen-bond acceptors (Lipinski definition) is 3. The van der Waals surface area contributed by atoms with E-state index in [0.717, 1.165) is 0 Å². The highest BCUT2D eigenvalue weighted by molar-refractivity contribution is 6.05. The number of carbonyl (C=O) groups excluding carboxylic acids is 2. The summed E-state index contributed by atoms with van der Waals surface area (Å²) in [7, 11) is 0. The molecule has 95 valence electrons. The molecule has 1 N–H and O–H groups in total. The summed E-state index contributed by atoms with van der Waals surface area (Å²) in [5, 5.41) is 13.0. The lowest BCUT2D eigenvalue weighted by atomic mass is 10.2. The monoisotopic (exact) mass is 256 g/mol. The van der Waals surface area contributed by atoms with Crippen LogP contribution in [0.15, 0.2) is 54.6 Å². The first-order chi connectivity index (χ1) is 9.16. The van der Waals surface area contributed by atoms with Crippen molar-refractivity contribution in [2.45, 2.75) is 0 Å². The molecule has 1 radical (unpaired) electrons. The van der Waals surface area contributed by atoms with Crippen LogP contribution in [0.4, 0.5) is 10.5 Å². The molecule has 0 fully saturated rings. The Labute approximate surface area is 109 Å². The van der Waals surface area contributed by atoms with Crippen LogP contribution >= 0.6 is 0 Å². The quantitative estimate of drug-likeness (QED) is 0.677. The maximum atomic E-state index is 11.9. The Bertz CT molecular complexity index is 595. The van der Waals surface area contributed by atoms with Crippen LogP contribution in [0.2, 0.25) is 0 Å². The molecule has 0 saturated heterocycles. The molecule has 2 aromatic rings. The van der Waals surface area contributed by atoms with Gasteiger partial charge in [-0.2, -0.15) is 9.90 Å². The minimum Gasteiger partial charge on any atom is -0.390 e. The molecule has 0 aromatic heterocycles. The summed E-state index contributed by atoms with van der Waals surface area (Å²) >= 11 is 0. The Morgan fingerprint density at radius 2 is 1.53 bits per heavy atom. The molecule has 0 heterocycles. The average Bonchev–Trinajstić information content (AvgIpc) is 2.41. The molecule has 0 saturated carbocycles. The minimum absolute atomic E-state index is 0.0202. The third-order valence-electron chi connectivity index (χ3n) is 2.36. The fourth-order valence-corrected chi connectivity index (χ4v) is 1.53. The molecule has 2 aromatic carbocycles. The molecule has 0 aliphatic rings. The van der Waals surface area contributed by atoms with Gasteiger partial charge in [-0.15, -0.1) is 0 Å². The smallest absolute Gasteiger partial charge is 0.390 e. The number of ether oxygens (including phenoxy) is 1. The first-order valence-electron chi connectivity index (χ1n) is 5.51. The van der Waals surface area contributed by atoms with E-state index < -0.39 is 6.16 Å². The molecule has 5 nitrogen and oxygen atoms in total. The molecule has 0 aliphatic heterocycles. The average molecular weight is 256 g/mol. The van der Waals surface area contributed by atoms with Crippen molar-refractivity contribution in [2.75, 3.05) is 5.32 Å². The van der Waals surface area contributed by atoms with Crippen LogP contribution in [-0.2, 0) is 5.11 Å². The van der Waals surface area contributed by atoms with Gasteiger partial charge in [0.05, 0.1) is 5.69 Å². The van der Waals surface area contributed by atoms with Crippen LogP contribution in [0, 0.1) is 0 Å². The number of amides is 1. The van der Waals surface area contributed by atoms with Crippen molar-refractivity contribution in [3.8, 4) is 5.75 Å². The largest absolute Gasteiger partial charge is 0.555 e. The maximum absolute atomic E-state index is 11.9. The van der Waals surface area contributed by atoms with Crippen LogP contribution in [-0.4, -0.2) is 12.1 Å². The van der Waals surface area contributed by atoms with E-state index in [9.17, 15) is 14.7 Å². The fourth-order valence-electron chi connectivity index (χ4n) is 1.53. The van der Waals surface area contributed by atoms with E-state index in [4.69, 9.17) is 0 Å². The van der Waals surface area contributed by atoms with E-state index in [2.05, 4.69) is 10.1 Å². The zero-order valence-corrected chi connectivity index (χ0v) is 9.83. The summed E-state index contributed by atoms with van der Waals surface area (Å²) in [6.45, 7) is 0. The van der Waals surface area contributed by atoms with Gasteiger partial charge < -0.3 is 10.1 Å². The maximum Gasteiger partial charge on any atom is 0.555 e. The molecule has 0 spiro atoms. The number of hydrogen-bond donors (Lipinski definition) is 1. The van der Waals surface area contributed by atoms with Gasteiger partial charge in [-0.25, -0.2) is 0 Å². The Hall–Kier alpha value is -2.82. The van der Waals surface area contributed by atoms with Crippen LogP contribution in [0.5, 0.6) is 5.75 Å². The van der Waals surface area contributed by atoms with Gasteiger partial charge in [-0.05, 0) is 24.3 Å². The SMILES string of the molecule is [O]C(=O)Oc1ccccc1NC(=O)c1ccccc1. The Balaban J connectivity index is 2.19. The van der Waals surface area contributed by atoms with Gasteiger partial charge in [0.15, 0.2) is 5.75 Å². The third-order valence-corrected chi connectivity index (χ3v) is 2.36. The lowest BCUT2D eigenvalue weighted by Crippen LogP contribution is -2.13. The molecule has 2 rings (SSSR count). The summed E-state index contributed by atoms with van der Waals surface area (Å²) in [5.41, 5.74) is 0.728. The normalized spacial score (nSPS) is 9.68. The second kappa shape index (κ2) is 5.68. The van der Waals surface area contributed by atoms with Crippen molar-refractivity contribution in [1.82, 2.24) is 0 Å². The van der Waals surface area contributed by atoms with Gasteiger partial charge in [0.2, 0.25) is 0 Å². The highest BCUT2D eigenvalue weighted by atomic mass is 16.7. The van der Waals surface area contributed by atoms with E-state index in [1.165, 1.54) is 6.07 Å². The van der Waals surface area contributed by atoms with Gasteiger partial charge in [0.25, 0.3) is 5.91 Å². The van der Waals surface area contributed by atoms with E-state index in [1.54, 1.807) is 48.5 Å². The van der Waals surface area contributed by atoms with Crippen LogP contribution in [0.3, 0.4) is 0 Å². The van der Waals surface area contributed by atoms with E-state index >= 15 is 0 Å². The Kier molecular flexibility index (Phi) is 3.78. The zero-order chi connectivity index (χ0) is 13.7. The van der Waals surface area contributed by atoms with E-state index in [0.29, 0.717) is 5.56 Å². The fraction of sp³-hybridized carbons (Fsp3) is 0. The van der Waals surface area contributed by atoms with Gasteiger partial charge >= 0.3 is 6.16 Å². The number of benzene rings is 2. The van der Waals surface area contributed by atoms with Crippen molar-refractivity contribution < 1.29 is 19.4 Å². The van der Waals surface area contributed by atoms with Gasteiger partial charge in [-0.3, -0.25) is 4.79 Å². The number of rotatable bonds is 3. The van der Waals surface area contributed by atoms with Crippen LogP contribution in [0.1, 0.15) is 10.4 Å². The standard InChI is InChI=1S/C14H10NO4/c16-13(10-6-2-1-3-7-10)15-11-8-4-5-9-12(11)19-14(17)18/h1-9H,(H,15,16). The van der Waals surface area contributed by atoms with Crippen LogP contribution in [0.25, 0.3) is 0 Å². The highest BCUT2D eigenvalue weighted by Gasteiger charge is 2.11. The Morgan fingerprint density at radius 3 is 2.21 bits per heavy atom. The number of nitrogens with one attached hydrogen (secondary N) is 1. The summed E-state index contributed by atoms with van der Waals surface area (Å²) in [5.74, 6) is -0.332. The molecular weight excluding hydrogens is 246 g/mol. The molecule has 0 bridgehead atoms. The summed E-state index contributed by atoms with van der Waals surface area (Å²) in [6, 6.07) is 14.8. The first kappa shape index (κ1) is 12.6. The number of para-hydroxylation sites is 2. The predicted molar refractivity (Wildman–Crippen MR) is 67.5 cm³/mol. The van der Waals surface area contributed by atoms with E-state index in [1.807, 2.05) is 0 Å². The lowest BCUT2D eigenvalue weighted by Gasteiger charge is -2.08. The highest BCUT2D eigenvalue weighted by Crippen LogP contribution is 2.24. The second-order valence-electron chi connectivity index (χ2n) is 3.67. The lowest BCUT2D eigenvalue weighted by molar-refractivity contribution is 0.102. The van der Waals surface area contributed by atoms with Crippen molar-refractivity contribution in [3.05, 3.63) is 60.2 Å². The third kappa shape index (κ3) is 3.32. The zero-order valence-electron chi connectivity index (χ0n) is 9.83. The van der Waals surface area contributed by atoms with Gasteiger partial charge in [-0.1, -0.05) is 30.3 Å². The first-order valence-corrected chi connectivity index (χ1v) is 5.51. The van der Waals surface area contributed by atoms with Gasteiger partial charge in [0.1, 0.15) is 0 Å². The molecule has 19 heavy (non-hydrogen) atoms. The summed E-state index contributed by atoms with van der Waals surface area (Å²) in [6.07, 6.45) is -1.68. The summed E-state index contributed by atoms with van der Waals surface area (Å²) in [4.78, 5) is 22.4. The van der Waals surface area contributed by atoms with Gasteiger partial charge in [0, 0.05) is 5.56 Å². The molecule has 0 aliphatic carbocycles.